The van der Waals surface area contributed by atoms with Crippen LogP contribution in [0.2, 0.25) is 0 Å². The molecule has 0 aromatic carbocycles. The number of ether oxygens (including phenoxy) is 1. The molecule has 0 radical (unpaired) electrons. The molecule has 4 heteroatoms. The zero-order valence-electron chi connectivity index (χ0n) is 13.1. The molecule has 2 saturated heterocycles. The van der Waals surface area contributed by atoms with E-state index in [1.807, 2.05) is 24.2 Å². The summed E-state index contributed by atoms with van der Waals surface area (Å²) in [6.45, 7) is 6.22. The molecule has 21 heavy (non-hydrogen) atoms. The maximum Gasteiger partial charge on any atom is 0.0783 e. The Morgan fingerprint density at radius 2 is 2.43 bits per heavy atom. The quantitative estimate of drug-likeness (QED) is 0.925. The van der Waals surface area contributed by atoms with Gasteiger partial charge < -0.3 is 10.1 Å². The average molecular weight is 306 g/mol. The second-order valence-corrected chi connectivity index (χ2v) is 7.52. The standard InChI is InChI=1S/C17H26N2OS/c1-3-19-16(15-8-13(2)10-18-11-15)14-4-6-20-17(9-14)5-7-21-12-17/h8,10-11,14,16,19H,3-7,9,12H2,1-2H3. The van der Waals surface area contributed by atoms with Gasteiger partial charge in [-0.25, -0.2) is 0 Å². The Morgan fingerprint density at radius 1 is 1.52 bits per heavy atom. The van der Waals surface area contributed by atoms with E-state index in [1.54, 1.807) is 0 Å². The number of pyridine rings is 1. The summed E-state index contributed by atoms with van der Waals surface area (Å²) in [6.07, 6.45) is 7.53. The molecule has 3 heterocycles. The van der Waals surface area contributed by atoms with E-state index >= 15 is 0 Å². The van der Waals surface area contributed by atoms with Crippen LogP contribution in [-0.4, -0.2) is 35.2 Å². The molecule has 1 spiro atoms. The van der Waals surface area contributed by atoms with Crippen LogP contribution in [0.1, 0.15) is 43.4 Å². The smallest absolute Gasteiger partial charge is 0.0783 e. The van der Waals surface area contributed by atoms with Crippen molar-refractivity contribution >= 4 is 11.8 Å². The number of aryl methyl sites for hydroxylation is 1. The maximum atomic E-state index is 6.18. The van der Waals surface area contributed by atoms with Gasteiger partial charge in [0, 0.05) is 30.8 Å². The first-order valence-corrected chi connectivity index (χ1v) is 9.24. The molecule has 0 saturated carbocycles. The minimum absolute atomic E-state index is 0.151. The molecule has 2 aliphatic rings. The normalized spacial score (nSPS) is 30.7. The van der Waals surface area contributed by atoms with Crippen molar-refractivity contribution in [1.29, 1.82) is 0 Å². The highest BCUT2D eigenvalue weighted by Gasteiger charge is 2.42. The number of hydrogen-bond acceptors (Lipinski definition) is 4. The number of nitrogens with one attached hydrogen (secondary N) is 1. The molecule has 3 unspecified atom stereocenters. The summed E-state index contributed by atoms with van der Waals surface area (Å²) in [5.41, 5.74) is 2.73. The zero-order valence-corrected chi connectivity index (χ0v) is 13.9. The minimum Gasteiger partial charge on any atom is -0.374 e. The van der Waals surface area contributed by atoms with Crippen LogP contribution in [0, 0.1) is 12.8 Å². The van der Waals surface area contributed by atoms with Crippen LogP contribution < -0.4 is 5.32 Å². The van der Waals surface area contributed by atoms with Crippen LogP contribution in [0.15, 0.2) is 18.5 Å². The number of nitrogens with zero attached hydrogens (tertiary/aromatic N) is 1. The van der Waals surface area contributed by atoms with Gasteiger partial charge in [-0.1, -0.05) is 13.0 Å². The summed E-state index contributed by atoms with van der Waals surface area (Å²) in [4.78, 5) is 4.40. The minimum atomic E-state index is 0.151. The van der Waals surface area contributed by atoms with Gasteiger partial charge in [-0.3, -0.25) is 4.98 Å². The molecule has 2 fully saturated rings. The average Bonchev–Trinajstić information content (AvgIpc) is 2.92. The van der Waals surface area contributed by atoms with Crippen molar-refractivity contribution in [3.8, 4) is 0 Å². The molecule has 0 aliphatic carbocycles. The lowest BCUT2D eigenvalue weighted by molar-refractivity contribution is -0.0853. The lowest BCUT2D eigenvalue weighted by atomic mass is 9.79. The van der Waals surface area contributed by atoms with E-state index in [4.69, 9.17) is 4.74 Å². The Kier molecular flexibility index (Phi) is 4.87. The Bertz CT molecular complexity index is 474. The van der Waals surface area contributed by atoms with E-state index < -0.39 is 0 Å². The van der Waals surface area contributed by atoms with Crippen LogP contribution >= 0.6 is 11.8 Å². The van der Waals surface area contributed by atoms with Gasteiger partial charge in [-0.15, -0.1) is 0 Å². The van der Waals surface area contributed by atoms with Crippen LogP contribution in [0.25, 0.3) is 0 Å². The zero-order chi connectivity index (χ0) is 14.7. The number of thioether (sulfide) groups is 1. The van der Waals surface area contributed by atoms with Gasteiger partial charge in [0.2, 0.25) is 0 Å². The SMILES string of the molecule is CCNC(c1cncc(C)c1)C1CCOC2(CCSC2)C1. The highest BCUT2D eigenvalue weighted by atomic mass is 32.2. The van der Waals surface area contributed by atoms with Crippen molar-refractivity contribution in [3.05, 3.63) is 29.6 Å². The third-order valence-corrected chi connectivity index (χ3v) is 5.97. The third-order valence-electron chi connectivity index (χ3n) is 4.75. The largest absolute Gasteiger partial charge is 0.374 e. The predicted octanol–water partition coefficient (Wildman–Crippen LogP) is 3.34. The van der Waals surface area contributed by atoms with E-state index in [0.29, 0.717) is 12.0 Å². The summed E-state index contributed by atoms with van der Waals surface area (Å²) in [5, 5.41) is 3.70. The molecular weight excluding hydrogens is 280 g/mol. The van der Waals surface area contributed by atoms with Crippen LogP contribution in [0.5, 0.6) is 0 Å². The fourth-order valence-electron chi connectivity index (χ4n) is 3.74. The molecule has 2 aliphatic heterocycles. The topological polar surface area (TPSA) is 34.2 Å². The summed E-state index contributed by atoms with van der Waals surface area (Å²) in [6, 6.07) is 2.69. The van der Waals surface area contributed by atoms with Gasteiger partial charge in [0.15, 0.2) is 0 Å². The van der Waals surface area contributed by atoms with Crippen molar-refractivity contribution in [1.82, 2.24) is 10.3 Å². The molecule has 0 bridgehead atoms. The highest BCUT2D eigenvalue weighted by Crippen LogP contribution is 2.43. The Balaban J connectivity index is 1.80. The highest BCUT2D eigenvalue weighted by molar-refractivity contribution is 7.99. The van der Waals surface area contributed by atoms with Gasteiger partial charge in [0.25, 0.3) is 0 Å². The molecule has 0 amide bonds. The molecular formula is C17H26N2OS. The van der Waals surface area contributed by atoms with E-state index in [2.05, 4.69) is 30.2 Å². The van der Waals surface area contributed by atoms with E-state index in [1.165, 1.54) is 35.5 Å². The fourth-order valence-corrected chi connectivity index (χ4v) is 5.12. The van der Waals surface area contributed by atoms with E-state index in [9.17, 15) is 0 Å². The van der Waals surface area contributed by atoms with E-state index in [0.717, 1.165) is 19.6 Å². The Hall–Kier alpha value is -0.580. The van der Waals surface area contributed by atoms with Crippen molar-refractivity contribution in [2.24, 2.45) is 5.92 Å². The second kappa shape index (κ2) is 6.67. The van der Waals surface area contributed by atoms with Crippen molar-refractivity contribution in [2.45, 2.75) is 44.8 Å². The Labute approximate surface area is 132 Å². The number of aromatic nitrogens is 1. The molecule has 3 rings (SSSR count). The summed E-state index contributed by atoms with van der Waals surface area (Å²) in [7, 11) is 0. The van der Waals surface area contributed by atoms with Crippen molar-refractivity contribution in [3.63, 3.8) is 0 Å². The summed E-state index contributed by atoms with van der Waals surface area (Å²) < 4.78 is 6.18. The van der Waals surface area contributed by atoms with Gasteiger partial charge in [0.05, 0.1) is 5.60 Å². The monoisotopic (exact) mass is 306 g/mol. The molecule has 1 aromatic heterocycles. The summed E-state index contributed by atoms with van der Waals surface area (Å²) in [5.74, 6) is 3.08. The predicted molar refractivity (Wildman–Crippen MR) is 88.7 cm³/mol. The first kappa shape index (κ1) is 15.3. The van der Waals surface area contributed by atoms with Crippen molar-refractivity contribution < 1.29 is 4.74 Å². The lowest BCUT2D eigenvalue weighted by Crippen LogP contribution is -2.43. The van der Waals surface area contributed by atoms with Gasteiger partial charge in [0.1, 0.15) is 0 Å². The molecule has 1 aromatic rings. The van der Waals surface area contributed by atoms with E-state index in [-0.39, 0.29) is 5.60 Å². The molecule has 3 atom stereocenters. The summed E-state index contributed by atoms with van der Waals surface area (Å²) >= 11 is 2.05. The van der Waals surface area contributed by atoms with Gasteiger partial charge in [-0.2, -0.15) is 11.8 Å². The lowest BCUT2D eigenvalue weighted by Gasteiger charge is -2.41. The fraction of sp³-hybridized carbons (Fsp3) is 0.706. The molecule has 116 valence electrons. The van der Waals surface area contributed by atoms with Crippen molar-refractivity contribution in [2.75, 3.05) is 24.7 Å². The second-order valence-electron chi connectivity index (χ2n) is 6.42. The van der Waals surface area contributed by atoms with Gasteiger partial charge >= 0.3 is 0 Å². The molecule has 1 N–H and O–H groups in total. The molecule has 3 nitrogen and oxygen atoms in total. The first-order valence-electron chi connectivity index (χ1n) is 8.09. The van der Waals surface area contributed by atoms with Crippen LogP contribution in [0.3, 0.4) is 0 Å². The van der Waals surface area contributed by atoms with Gasteiger partial charge in [-0.05, 0) is 55.5 Å². The first-order chi connectivity index (χ1) is 10.2. The van der Waals surface area contributed by atoms with Crippen LogP contribution in [0.4, 0.5) is 0 Å². The maximum absolute atomic E-state index is 6.18. The van der Waals surface area contributed by atoms with Crippen LogP contribution in [-0.2, 0) is 4.74 Å². The Morgan fingerprint density at radius 3 is 3.14 bits per heavy atom. The number of rotatable bonds is 4. The number of hydrogen-bond donors (Lipinski definition) is 1. The third kappa shape index (κ3) is 3.43.